The monoisotopic (exact) mass is 358 g/mol. The molecule has 1 saturated heterocycles. The first-order valence-electron chi connectivity index (χ1n) is 8.50. The topological polar surface area (TPSA) is 72.6 Å². The van der Waals surface area contributed by atoms with E-state index in [0.29, 0.717) is 43.2 Å². The lowest BCUT2D eigenvalue weighted by atomic mass is 9.96. The van der Waals surface area contributed by atoms with E-state index in [2.05, 4.69) is 0 Å². The molecule has 1 aliphatic rings. The molecule has 2 amide bonds. The highest BCUT2D eigenvalue weighted by Gasteiger charge is 2.29. The number of nitrogens with two attached hydrogens (primary N) is 1. The molecule has 5 nitrogen and oxygen atoms in total. The van der Waals surface area contributed by atoms with Gasteiger partial charge in [-0.3, -0.25) is 9.59 Å². The van der Waals surface area contributed by atoms with Crippen LogP contribution >= 0.6 is 11.3 Å². The average molecular weight is 358 g/mol. The van der Waals surface area contributed by atoms with E-state index in [-0.39, 0.29) is 17.7 Å². The molecule has 2 heterocycles. The molecule has 3 rings (SSSR count). The molecule has 1 aromatic carbocycles. The Labute approximate surface area is 151 Å². The Morgan fingerprint density at radius 1 is 1.24 bits per heavy atom. The van der Waals surface area contributed by atoms with Gasteiger partial charge in [0.15, 0.2) is 0 Å². The van der Waals surface area contributed by atoms with Crippen LogP contribution in [-0.4, -0.2) is 36.4 Å². The lowest BCUT2D eigenvalue weighted by Gasteiger charge is -2.30. The smallest absolute Gasteiger partial charge is 0.267 e. The fraction of sp³-hybridized carbons (Fsp3) is 0.368. The van der Waals surface area contributed by atoms with Crippen LogP contribution in [0.2, 0.25) is 0 Å². The number of amides is 2. The molecule has 0 saturated carbocycles. The summed E-state index contributed by atoms with van der Waals surface area (Å²) in [6.07, 6.45) is 1.25. The van der Waals surface area contributed by atoms with E-state index in [1.54, 1.807) is 4.90 Å². The van der Waals surface area contributed by atoms with Crippen molar-refractivity contribution in [2.24, 2.45) is 11.7 Å². The van der Waals surface area contributed by atoms with Crippen LogP contribution in [0.3, 0.4) is 0 Å². The summed E-state index contributed by atoms with van der Waals surface area (Å²) in [5, 5.41) is 0. The van der Waals surface area contributed by atoms with Crippen molar-refractivity contribution in [3.8, 4) is 16.2 Å². The van der Waals surface area contributed by atoms with Gasteiger partial charge in [-0.2, -0.15) is 0 Å². The highest BCUT2D eigenvalue weighted by molar-refractivity contribution is 7.17. The summed E-state index contributed by atoms with van der Waals surface area (Å²) in [5.74, 6) is 0.204. The average Bonchev–Trinajstić information content (AvgIpc) is 3.06. The van der Waals surface area contributed by atoms with Crippen molar-refractivity contribution in [1.82, 2.24) is 4.90 Å². The van der Waals surface area contributed by atoms with E-state index in [4.69, 9.17) is 10.5 Å². The minimum atomic E-state index is -0.274. The van der Waals surface area contributed by atoms with Crippen LogP contribution in [0.15, 0.2) is 36.4 Å². The summed E-state index contributed by atoms with van der Waals surface area (Å²) in [5.41, 5.74) is 6.44. The lowest BCUT2D eigenvalue weighted by molar-refractivity contribution is -0.123. The minimum absolute atomic E-state index is 0.0291. The van der Waals surface area contributed by atoms with Gasteiger partial charge in [-0.05, 0) is 31.4 Å². The Balaban J connectivity index is 1.82. The first-order valence-corrected chi connectivity index (χ1v) is 9.32. The van der Waals surface area contributed by atoms with Crippen molar-refractivity contribution in [1.29, 1.82) is 0 Å². The van der Waals surface area contributed by atoms with Crippen LogP contribution in [-0.2, 0) is 4.79 Å². The first kappa shape index (κ1) is 17.5. The number of thiophene rings is 1. The highest BCUT2D eigenvalue weighted by Crippen LogP contribution is 2.37. The van der Waals surface area contributed by atoms with E-state index in [9.17, 15) is 9.59 Å². The molecule has 0 unspecified atom stereocenters. The van der Waals surface area contributed by atoms with Gasteiger partial charge in [0.05, 0.1) is 6.61 Å². The van der Waals surface area contributed by atoms with Crippen molar-refractivity contribution in [3.05, 3.63) is 41.3 Å². The van der Waals surface area contributed by atoms with Crippen LogP contribution in [0.1, 0.15) is 29.4 Å². The molecule has 0 atom stereocenters. The van der Waals surface area contributed by atoms with E-state index in [1.807, 2.05) is 43.3 Å². The van der Waals surface area contributed by atoms with Gasteiger partial charge < -0.3 is 15.4 Å². The molecular weight excluding hydrogens is 336 g/mol. The molecule has 0 aliphatic carbocycles. The fourth-order valence-electron chi connectivity index (χ4n) is 3.04. The number of nitrogens with zero attached hydrogens (tertiary/aromatic N) is 1. The lowest BCUT2D eigenvalue weighted by Crippen LogP contribution is -2.41. The maximum atomic E-state index is 13.0. The van der Waals surface area contributed by atoms with Crippen LogP contribution in [0, 0.1) is 5.92 Å². The molecular formula is C19H22N2O3S. The molecule has 2 N–H and O–H groups in total. The highest BCUT2D eigenvalue weighted by atomic mass is 32.1. The number of likely N-dealkylation sites (tertiary alicyclic amines) is 1. The largest absolute Gasteiger partial charge is 0.492 e. The standard InChI is InChI=1S/C19H22N2O3S/c1-2-24-15-12-16(13-6-4-3-5-7-13)25-17(15)19(23)21-10-8-14(9-11-21)18(20)22/h3-7,12,14H,2,8-11H2,1H3,(H2,20,22). The van der Waals surface area contributed by atoms with Gasteiger partial charge in [-0.15, -0.1) is 11.3 Å². The van der Waals surface area contributed by atoms with Gasteiger partial charge >= 0.3 is 0 Å². The zero-order chi connectivity index (χ0) is 17.8. The number of carbonyl (C=O) groups is 2. The zero-order valence-corrected chi connectivity index (χ0v) is 15.1. The fourth-order valence-corrected chi connectivity index (χ4v) is 4.12. The predicted molar refractivity (Wildman–Crippen MR) is 98.7 cm³/mol. The number of piperidine rings is 1. The maximum Gasteiger partial charge on any atom is 0.267 e. The molecule has 1 fully saturated rings. The van der Waals surface area contributed by atoms with Crippen LogP contribution < -0.4 is 10.5 Å². The summed E-state index contributed by atoms with van der Waals surface area (Å²) in [4.78, 5) is 27.7. The number of hydrogen-bond acceptors (Lipinski definition) is 4. The third-order valence-corrected chi connectivity index (χ3v) is 5.59. The summed E-state index contributed by atoms with van der Waals surface area (Å²) in [6, 6.07) is 11.9. The third-order valence-electron chi connectivity index (χ3n) is 4.43. The number of carbonyl (C=O) groups excluding carboxylic acids is 2. The number of primary amides is 1. The van der Waals surface area contributed by atoms with Gasteiger partial charge in [-0.25, -0.2) is 0 Å². The Bertz CT molecular complexity index is 749. The number of hydrogen-bond donors (Lipinski definition) is 1. The van der Waals surface area contributed by atoms with Gasteiger partial charge in [-0.1, -0.05) is 30.3 Å². The van der Waals surface area contributed by atoms with Gasteiger partial charge in [0.2, 0.25) is 5.91 Å². The van der Waals surface area contributed by atoms with Gasteiger partial charge in [0.1, 0.15) is 10.6 Å². The minimum Gasteiger partial charge on any atom is -0.492 e. The van der Waals surface area contributed by atoms with E-state index < -0.39 is 0 Å². The van der Waals surface area contributed by atoms with Crippen molar-refractivity contribution in [3.63, 3.8) is 0 Å². The number of rotatable bonds is 5. The summed E-state index contributed by atoms with van der Waals surface area (Å²) < 4.78 is 5.70. The van der Waals surface area contributed by atoms with Crippen LogP contribution in [0.5, 0.6) is 5.75 Å². The third kappa shape index (κ3) is 3.85. The number of ether oxygens (including phenoxy) is 1. The van der Waals surface area contributed by atoms with Crippen molar-refractivity contribution in [2.45, 2.75) is 19.8 Å². The molecule has 2 aromatic rings. The molecule has 25 heavy (non-hydrogen) atoms. The SMILES string of the molecule is CCOc1cc(-c2ccccc2)sc1C(=O)N1CCC(C(N)=O)CC1. The Kier molecular flexibility index (Phi) is 5.38. The van der Waals surface area contributed by atoms with E-state index >= 15 is 0 Å². The second-order valence-electron chi connectivity index (χ2n) is 6.07. The maximum absolute atomic E-state index is 13.0. The van der Waals surface area contributed by atoms with Crippen molar-refractivity contribution < 1.29 is 14.3 Å². The molecule has 1 aromatic heterocycles. The quantitative estimate of drug-likeness (QED) is 0.892. The molecule has 6 heteroatoms. The number of benzene rings is 1. The van der Waals surface area contributed by atoms with E-state index in [0.717, 1.165) is 10.4 Å². The molecule has 1 aliphatic heterocycles. The summed E-state index contributed by atoms with van der Waals surface area (Å²) in [6.45, 7) is 3.52. The first-order chi connectivity index (χ1) is 12.1. The second-order valence-corrected chi connectivity index (χ2v) is 7.12. The second kappa shape index (κ2) is 7.70. The zero-order valence-electron chi connectivity index (χ0n) is 14.2. The summed E-state index contributed by atoms with van der Waals surface area (Å²) >= 11 is 1.45. The Morgan fingerprint density at radius 2 is 1.92 bits per heavy atom. The Morgan fingerprint density at radius 3 is 2.52 bits per heavy atom. The van der Waals surface area contributed by atoms with Gasteiger partial charge in [0, 0.05) is 23.9 Å². The Hall–Kier alpha value is -2.34. The molecule has 0 radical (unpaired) electrons. The van der Waals surface area contributed by atoms with Crippen LogP contribution in [0.4, 0.5) is 0 Å². The predicted octanol–water partition coefficient (Wildman–Crippen LogP) is 3.15. The van der Waals surface area contributed by atoms with Crippen LogP contribution in [0.25, 0.3) is 10.4 Å². The molecule has 0 spiro atoms. The molecule has 0 bridgehead atoms. The van der Waals surface area contributed by atoms with Gasteiger partial charge in [0.25, 0.3) is 5.91 Å². The van der Waals surface area contributed by atoms with Crippen molar-refractivity contribution in [2.75, 3.05) is 19.7 Å². The van der Waals surface area contributed by atoms with Crippen molar-refractivity contribution >= 4 is 23.2 Å². The summed E-state index contributed by atoms with van der Waals surface area (Å²) in [7, 11) is 0. The normalized spacial score (nSPS) is 15.2. The van der Waals surface area contributed by atoms with E-state index in [1.165, 1.54) is 11.3 Å². The molecule has 132 valence electrons.